The van der Waals surface area contributed by atoms with Gasteiger partial charge >= 0.3 is 5.97 Å². The van der Waals surface area contributed by atoms with Crippen LogP contribution in [-0.4, -0.2) is 52.1 Å². The molecule has 1 aromatic rings. The third-order valence-electron chi connectivity index (χ3n) is 4.01. The lowest BCUT2D eigenvalue weighted by molar-refractivity contribution is -0.142. The van der Waals surface area contributed by atoms with Crippen LogP contribution in [0.2, 0.25) is 0 Å². The monoisotopic (exact) mass is 365 g/mol. The summed E-state index contributed by atoms with van der Waals surface area (Å²) in [6.45, 7) is 3.92. The summed E-state index contributed by atoms with van der Waals surface area (Å²) in [5.74, 6) is -1.22. The zero-order chi connectivity index (χ0) is 19.4. The van der Waals surface area contributed by atoms with Gasteiger partial charge in [-0.3, -0.25) is 19.3 Å². The second-order valence-corrected chi connectivity index (χ2v) is 6.16. The number of ether oxygens (including phenoxy) is 4. The first-order chi connectivity index (χ1) is 12.3. The van der Waals surface area contributed by atoms with Crippen molar-refractivity contribution >= 4 is 23.3 Å². The van der Waals surface area contributed by atoms with Gasteiger partial charge in [-0.1, -0.05) is 13.8 Å². The summed E-state index contributed by atoms with van der Waals surface area (Å²) < 4.78 is 20.9. The Morgan fingerprint density at radius 2 is 1.73 bits per heavy atom. The second kappa shape index (κ2) is 8.07. The Bertz CT molecular complexity index is 727. The van der Waals surface area contributed by atoms with Crippen molar-refractivity contribution in [1.82, 2.24) is 0 Å². The van der Waals surface area contributed by atoms with Gasteiger partial charge in [0.25, 0.3) is 11.7 Å². The SMILES string of the molecule is COc1cc2c(c(OC)c1OC)C(=O)C(=O)N2CC(=O)OCCC(C)C. The fraction of sp³-hybridized carbons (Fsp3) is 0.500. The molecule has 1 aliphatic rings. The van der Waals surface area contributed by atoms with Crippen molar-refractivity contribution in [2.24, 2.45) is 5.92 Å². The molecule has 0 unspecified atom stereocenters. The molecule has 0 fully saturated rings. The number of rotatable bonds is 8. The normalized spacial score (nSPS) is 13.1. The Labute approximate surface area is 152 Å². The van der Waals surface area contributed by atoms with Gasteiger partial charge in [-0.05, 0) is 12.3 Å². The Morgan fingerprint density at radius 3 is 2.27 bits per heavy atom. The maximum absolute atomic E-state index is 12.4. The summed E-state index contributed by atoms with van der Waals surface area (Å²) in [7, 11) is 4.18. The van der Waals surface area contributed by atoms with E-state index < -0.39 is 17.7 Å². The van der Waals surface area contributed by atoms with Crippen LogP contribution in [0.5, 0.6) is 17.2 Å². The largest absolute Gasteiger partial charge is 0.493 e. The van der Waals surface area contributed by atoms with E-state index in [9.17, 15) is 14.4 Å². The molecule has 142 valence electrons. The van der Waals surface area contributed by atoms with Gasteiger partial charge in [0.05, 0.1) is 39.2 Å². The zero-order valence-electron chi connectivity index (χ0n) is 15.6. The smallest absolute Gasteiger partial charge is 0.326 e. The molecule has 1 heterocycles. The lowest BCUT2D eigenvalue weighted by Crippen LogP contribution is -2.35. The van der Waals surface area contributed by atoms with Crippen LogP contribution in [-0.2, 0) is 14.3 Å². The third kappa shape index (κ3) is 3.58. The van der Waals surface area contributed by atoms with Gasteiger partial charge < -0.3 is 18.9 Å². The fourth-order valence-electron chi connectivity index (χ4n) is 2.65. The lowest BCUT2D eigenvalue weighted by Gasteiger charge is -2.19. The van der Waals surface area contributed by atoms with Gasteiger partial charge in [-0.2, -0.15) is 0 Å². The van der Waals surface area contributed by atoms with Gasteiger partial charge in [0.15, 0.2) is 11.5 Å². The van der Waals surface area contributed by atoms with Crippen molar-refractivity contribution in [2.75, 3.05) is 39.4 Å². The number of benzene rings is 1. The van der Waals surface area contributed by atoms with Gasteiger partial charge in [0.2, 0.25) is 5.75 Å². The number of anilines is 1. The molecule has 0 saturated heterocycles. The molecule has 1 aliphatic heterocycles. The first kappa shape index (κ1) is 19.6. The topological polar surface area (TPSA) is 91.4 Å². The highest BCUT2D eigenvalue weighted by Gasteiger charge is 2.42. The maximum atomic E-state index is 12.4. The van der Waals surface area contributed by atoms with Crippen LogP contribution in [0.25, 0.3) is 0 Å². The molecule has 2 rings (SSSR count). The molecular weight excluding hydrogens is 342 g/mol. The molecule has 1 aromatic carbocycles. The fourth-order valence-corrected chi connectivity index (χ4v) is 2.65. The molecule has 0 atom stereocenters. The molecule has 0 bridgehead atoms. The predicted octanol–water partition coefficient (Wildman–Crippen LogP) is 1.83. The number of carbonyl (C=O) groups excluding carboxylic acids is 3. The molecule has 0 N–H and O–H groups in total. The number of carbonyl (C=O) groups is 3. The van der Waals surface area contributed by atoms with Crippen molar-refractivity contribution in [3.05, 3.63) is 11.6 Å². The van der Waals surface area contributed by atoms with Gasteiger partial charge in [0.1, 0.15) is 6.54 Å². The summed E-state index contributed by atoms with van der Waals surface area (Å²) >= 11 is 0. The highest BCUT2D eigenvalue weighted by Crippen LogP contribution is 2.47. The molecule has 8 heteroatoms. The third-order valence-corrected chi connectivity index (χ3v) is 4.01. The average Bonchev–Trinajstić information content (AvgIpc) is 2.84. The summed E-state index contributed by atoms with van der Waals surface area (Å²) in [4.78, 5) is 37.9. The maximum Gasteiger partial charge on any atom is 0.326 e. The Hall–Kier alpha value is -2.77. The summed E-state index contributed by atoms with van der Waals surface area (Å²) in [6, 6.07) is 1.47. The van der Waals surface area contributed by atoms with Crippen molar-refractivity contribution in [3.8, 4) is 17.2 Å². The van der Waals surface area contributed by atoms with E-state index in [1.54, 1.807) is 0 Å². The molecule has 1 amide bonds. The van der Waals surface area contributed by atoms with Gasteiger partial charge in [-0.15, -0.1) is 0 Å². The second-order valence-electron chi connectivity index (χ2n) is 6.16. The van der Waals surface area contributed by atoms with Crippen molar-refractivity contribution in [2.45, 2.75) is 20.3 Å². The van der Waals surface area contributed by atoms with E-state index in [0.29, 0.717) is 12.3 Å². The summed E-state index contributed by atoms with van der Waals surface area (Å²) in [5.41, 5.74) is 0.278. The summed E-state index contributed by atoms with van der Waals surface area (Å²) in [5, 5.41) is 0. The number of Topliss-reactive ketones (excluding diaryl/α,β-unsaturated/α-hetero) is 1. The minimum atomic E-state index is -0.825. The Kier molecular flexibility index (Phi) is 6.07. The quantitative estimate of drug-likeness (QED) is 0.513. The van der Waals surface area contributed by atoms with Crippen molar-refractivity contribution in [3.63, 3.8) is 0 Å². The number of hydrogen-bond acceptors (Lipinski definition) is 7. The highest BCUT2D eigenvalue weighted by molar-refractivity contribution is 6.53. The highest BCUT2D eigenvalue weighted by atomic mass is 16.5. The number of nitrogens with zero attached hydrogens (tertiary/aromatic N) is 1. The Balaban J connectivity index is 2.34. The molecular formula is C18H23NO7. The van der Waals surface area contributed by atoms with Crippen LogP contribution in [0.3, 0.4) is 0 Å². The van der Waals surface area contributed by atoms with E-state index in [4.69, 9.17) is 18.9 Å². The molecule has 0 radical (unpaired) electrons. The number of amides is 1. The molecule has 0 aliphatic carbocycles. The van der Waals surface area contributed by atoms with Gasteiger partial charge in [-0.25, -0.2) is 0 Å². The van der Waals surface area contributed by atoms with Crippen molar-refractivity contribution in [1.29, 1.82) is 0 Å². The van der Waals surface area contributed by atoms with E-state index in [0.717, 1.165) is 4.90 Å². The number of hydrogen-bond donors (Lipinski definition) is 0. The molecule has 0 aromatic heterocycles. The number of fused-ring (bicyclic) bond motifs is 1. The van der Waals surface area contributed by atoms with E-state index in [1.807, 2.05) is 13.8 Å². The minimum absolute atomic E-state index is 0.0464. The molecule has 8 nitrogen and oxygen atoms in total. The zero-order valence-corrected chi connectivity index (χ0v) is 15.6. The van der Waals surface area contributed by atoms with Crippen LogP contribution in [0.1, 0.15) is 30.6 Å². The van der Waals surface area contributed by atoms with Crippen LogP contribution in [0.4, 0.5) is 5.69 Å². The molecule has 26 heavy (non-hydrogen) atoms. The van der Waals surface area contributed by atoms with Gasteiger partial charge in [0, 0.05) is 6.07 Å². The van der Waals surface area contributed by atoms with Crippen LogP contribution in [0, 0.1) is 5.92 Å². The number of ketones is 1. The van der Waals surface area contributed by atoms with E-state index in [1.165, 1.54) is 27.4 Å². The number of methoxy groups -OCH3 is 3. The van der Waals surface area contributed by atoms with E-state index >= 15 is 0 Å². The minimum Gasteiger partial charge on any atom is -0.493 e. The van der Waals surface area contributed by atoms with Crippen molar-refractivity contribution < 1.29 is 33.3 Å². The average molecular weight is 365 g/mol. The molecule has 0 saturated carbocycles. The van der Waals surface area contributed by atoms with Crippen LogP contribution in [0.15, 0.2) is 6.07 Å². The number of esters is 1. The lowest BCUT2D eigenvalue weighted by atomic mass is 10.1. The summed E-state index contributed by atoms with van der Waals surface area (Å²) in [6.07, 6.45) is 0.716. The first-order valence-corrected chi connectivity index (χ1v) is 8.20. The first-order valence-electron chi connectivity index (χ1n) is 8.20. The Morgan fingerprint density at radius 1 is 1.08 bits per heavy atom. The van der Waals surface area contributed by atoms with E-state index in [-0.39, 0.29) is 41.7 Å². The molecule has 0 spiro atoms. The van der Waals surface area contributed by atoms with E-state index in [2.05, 4.69) is 0 Å². The van der Waals surface area contributed by atoms with Crippen LogP contribution < -0.4 is 19.1 Å². The van der Waals surface area contributed by atoms with Crippen LogP contribution >= 0.6 is 0 Å². The predicted molar refractivity (Wildman–Crippen MR) is 93.2 cm³/mol. The standard InChI is InChI=1S/C18H23NO7/c1-10(2)6-7-26-13(20)9-19-11-8-12(23-3)16(24-4)17(25-5)14(11)15(21)18(19)22/h8,10H,6-7,9H2,1-5H3.